The van der Waals surface area contributed by atoms with Gasteiger partial charge in [-0.25, -0.2) is 9.97 Å². The van der Waals surface area contributed by atoms with Crippen LogP contribution in [0, 0.1) is 0 Å². The highest BCUT2D eigenvalue weighted by Gasteiger charge is 2.18. The van der Waals surface area contributed by atoms with Crippen molar-refractivity contribution in [3.05, 3.63) is 70.1 Å². The number of pyridine rings is 1. The van der Waals surface area contributed by atoms with Crippen molar-refractivity contribution in [2.24, 2.45) is 0 Å². The number of aromatic nitrogens is 3. The molecule has 1 unspecified atom stereocenters. The maximum absolute atomic E-state index is 11.7. The van der Waals surface area contributed by atoms with Crippen LogP contribution in [0.1, 0.15) is 20.3 Å². The standard InChI is InChI=1S/C29H32ClN5O4/c1-3-38-23-8-9-26-24(16-23)28(32-21-15-25(30)29(36)31-17-21)34-27(33-26)20-6-4-7-22(14-20)39-12-5-10-35-11-13-37-18-19(35)2/h4,6-9,14-17,19H,3,5,10-13,18H2,1-2H3,(H,31,36)(H,32,33,34). The number of nitrogens with one attached hydrogen (secondary N) is 2. The van der Waals surface area contributed by atoms with Gasteiger partial charge >= 0.3 is 0 Å². The van der Waals surface area contributed by atoms with Crippen LogP contribution < -0.4 is 20.3 Å². The van der Waals surface area contributed by atoms with Gasteiger partial charge in [0.2, 0.25) is 0 Å². The first-order valence-electron chi connectivity index (χ1n) is 13.1. The van der Waals surface area contributed by atoms with Gasteiger partial charge in [-0.15, -0.1) is 0 Å². The molecule has 0 radical (unpaired) electrons. The monoisotopic (exact) mass is 549 g/mol. The molecule has 10 heteroatoms. The van der Waals surface area contributed by atoms with Gasteiger partial charge in [-0.05, 0) is 56.7 Å². The zero-order chi connectivity index (χ0) is 27.2. The first-order valence-corrected chi connectivity index (χ1v) is 13.5. The Labute approximate surface area is 232 Å². The molecule has 1 saturated heterocycles. The zero-order valence-corrected chi connectivity index (χ0v) is 22.8. The third kappa shape index (κ3) is 6.68. The van der Waals surface area contributed by atoms with E-state index in [9.17, 15) is 4.79 Å². The lowest BCUT2D eigenvalue weighted by molar-refractivity contribution is -0.00200. The second kappa shape index (κ2) is 12.5. The minimum atomic E-state index is -0.356. The minimum Gasteiger partial charge on any atom is -0.494 e. The summed E-state index contributed by atoms with van der Waals surface area (Å²) in [5.41, 5.74) is 1.81. The predicted molar refractivity (Wildman–Crippen MR) is 153 cm³/mol. The fourth-order valence-electron chi connectivity index (χ4n) is 4.53. The van der Waals surface area contributed by atoms with Crippen molar-refractivity contribution in [1.82, 2.24) is 19.9 Å². The molecule has 1 aliphatic rings. The van der Waals surface area contributed by atoms with Gasteiger partial charge in [0.15, 0.2) is 5.82 Å². The molecule has 0 spiro atoms. The molecule has 1 aliphatic heterocycles. The lowest BCUT2D eigenvalue weighted by Gasteiger charge is -2.33. The Morgan fingerprint density at radius 2 is 2.03 bits per heavy atom. The largest absolute Gasteiger partial charge is 0.494 e. The Morgan fingerprint density at radius 3 is 2.85 bits per heavy atom. The van der Waals surface area contributed by atoms with E-state index in [2.05, 4.69) is 22.1 Å². The van der Waals surface area contributed by atoms with E-state index in [4.69, 9.17) is 35.8 Å². The second-order valence-corrected chi connectivity index (χ2v) is 9.80. The molecule has 204 valence electrons. The van der Waals surface area contributed by atoms with Crippen molar-refractivity contribution in [3.63, 3.8) is 0 Å². The van der Waals surface area contributed by atoms with Crippen molar-refractivity contribution >= 4 is 34.0 Å². The smallest absolute Gasteiger partial charge is 0.266 e. The first-order chi connectivity index (χ1) is 19.0. The molecule has 2 aromatic carbocycles. The van der Waals surface area contributed by atoms with Crippen LogP contribution in [0.4, 0.5) is 11.5 Å². The molecule has 0 amide bonds. The van der Waals surface area contributed by atoms with Crippen LogP contribution in [0.3, 0.4) is 0 Å². The minimum absolute atomic E-state index is 0.0847. The molecular formula is C29H32ClN5O4. The number of fused-ring (bicyclic) bond motifs is 1. The third-order valence-electron chi connectivity index (χ3n) is 6.55. The maximum atomic E-state index is 11.7. The van der Waals surface area contributed by atoms with Gasteiger partial charge in [-0.1, -0.05) is 23.7 Å². The summed E-state index contributed by atoms with van der Waals surface area (Å²) in [5.74, 6) is 2.58. The molecule has 2 N–H and O–H groups in total. The molecule has 0 saturated carbocycles. The molecule has 2 aromatic heterocycles. The van der Waals surface area contributed by atoms with Crippen LogP contribution in [-0.4, -0.2) is 65.4 Å². The number of hydrogen-bond donors (Lipinski definition) is 2. The molecule has 4 aromatic rings. The SMILES string of the molecule is CCOc1ccc2nc(-c3cccc(OCCCN4CCOCC4C)c3)nc(Nc3c[nH]c(=O)c(Cl)c3)c2c1. The number of nitrogens with zero attached hydrogens (tertiary/aromatic N) is 3. The summed E-state index contributed by atoms with van der Waals surface area (Å²) < 4.78 is 17.3. The molecule has 1 fully saturated rings. The van der Waals surface area contributed by atoms with Crippen LogP contribution in [-0.2, 0) is 4.74 Å². The Morgan fingerprint density at radius 1 is 1.15 bits per heavy atom. The predicted octanol–water partition coefficient (Wildman–Crippen LogP) is 5.27. The number of anilines is 2. The maximum Gasteiger partial charge on any atom is 0.266 e. The second-order valence-electron chi connectivity index (χ2n) is 9.39. The van der Waals surface area contributed by atoms with Crippen molar-refractivity contribution in [2.45, 2.75) is 26.3 Å². The number of benzene rings is 2. The molecule has 0 bridgehead atoms. The fraction of sp³-hybridized carbons (Fsp3) is 0.345. The summed E-state index contributed by atoms with van der Waals surface area (Å²) in [5, 5.41) is 4.14. The molecule has 39 heavy (non-hydrogen) atoms. The molecule has 3 heterocycles. The van der Waals surface area contributed by atoms with E-state index in [0.29, 0.717) is 42.3 Å². The normalized spacial score (nSPS) is 15.8. The third-order valence-corrected chi connectivity index (χ3v) is 6.84. The number of H-pyrrole nitrogens is 1. The summed E-state index contributed by atoms with van der Waals surface area (Å²) in [6.45, 7) is 8.80. The zero-order valence-electron chi connectivity index (χ0n) is 22.1. The lowest BCUT2D eigenvalue weighted by Crippen LogP contribution is -2.44. The van der Waals surface area contributed by atoms with Gasteiger partial charge in [0.25, 0.3) is 5.56 Å². The summed E-state index contributed by atoms with van der Waals surface area (Å²) in [6.07, 6.45) is 2.49. The van der Waals surface area contributed by atoms with E-state index < -0.39 is 0 Å². The number of halogens is 1. The van der Waals surface area contributed by atoms with Gasteiger partial charge in [0.05, 0.1) is 37.6 Å². The van der Waals surface area contributed by atoms with Crippen LogP contribution in [0.15, 0.2) is 59.5 Å². The quantitative estimate of drug-likeness (QED) is 0.258. The van der Waals surface area contributed by atoms with E-state index in [1.807, 2.05) is 49.4 Å². The van der Waals surface area contributed by atoms with Crippen LogP contribution in [0.25, 0.3) is 22.3 Å². The molecule has 5 rings (SSSR count). The first kappa shape index (κ1) is 26.9. The number of aromatic amines is 1. The highest BCUT2D eigenvalue weighted by molar-refractivity contribution is 6.30. The van der Waals surface area contributed by atoms with Crippen LogP contribution in [0.5, 0.6) is 11.5 Å². The van der Waals surface area contributed by atoms with Gasteiger partial charge in [-0.3, -0.25) is 9.69 Å². The highest BCUT2D eigenvalue weighted by atomic mass is 35.5. The number of rotatable bonds is 10. The molecule has 9 nitrogen and oxygen atoms in total. The van der Waals surface area contributed by atoms with Crippen molar-refractivity contribution < 1.29 is 14.2 Å². The van der Waals surface area contributed by atoms with Gasteiger partial charge < -0.3 is 24.5 Å². The Bertz CT molecular complexity index is 1490. The van der Waals surface area contributed by atoms with Gasteiger partial charge in [0, 0.05) is 36.3 Å². The van der Waals surface area contributed by atoms with E-state index in [-0.39, 0.29) is 10.6 Å². The summed E-state index contributed by atoms with van der Waals surface area (Å²) in [4.78, 5) is 26.5. The number of hydrogen-bond acceptors (Lipinski definition) is 8. The molecule has 0 aliphatic carbocycles. The van der Waals surface area contributed by atoms with E-state index in [0.717, 1.165) is 54.9 Å². The van der Waals surface area contributed by atoms with E-state index >= 15 is 0 Å². The van der Waals surface area contributed by atoms with E-state index in [1.165, 1.54) is 0 Å². The Balaban J connectivity index is 1.38. The van der Waals surface area contributed by atoms with E-state index in [1.54, 1.807) is 12.3 Å². The molecular weight excluding hydrogens is 518 g/mol. The topological polar surface area (TPSA) is 102 Å². The van der Waals surface area contributed by atoms with Crippen molar-refractivity contribution in [1.29, 1.82) is 0 Å². The highest BCUT2D eigenvalue weighted by Crippen LogP contribution is 2.31. The lowest BCUT2D eigenvalue weighted by atomic mass is 10.1. The average Bonchev–Trinajstić information content (AvgIpc) is 2.94. The summed E-state index contributed by atoms with van der Waals surface area (Å²) >= 11 is 6.05. The van der Waals surface area contributed by atoms with Crippen molar-refractivity contribution in [3.8, 4) is 22.9 Å². The van der Waals surface area contributed by atoms with Crippen molar-refractivity contribution in [2.75, 3.05) is 44.8 Å². The summed E-state index contributed by atoms with van der Waals surface area (Å²) in [6, 6.07) is 15.5. The average molecular weight is 550 g/mol. The van der Waals surface area contributed by atoms with Crippen LogP contribution in [0.2, 0.25) is 5.02 Å². The van der Waals surface area contributed by atoms with Gasteiger partial charge in [-0.2, -0.15) is 0 Å². The van der Waals surface area contributed by atoms with Gasteiger partial charge in [0.1, 0.15) is 22.3 Å². The number of ether oxygens (including phenoxy) is 3. The number of morpholine rings is 1. The van der Waals surface area contributed by atoms with Crippen LogP contribution >= 0.6 is 11.6 Å². The Hall–Kier alpha value is -3.66. The Kier molecular flexibility index (Phi) is 8.61. The summed E-state index contributed by atoms with van der Waals surface area (Å²) in [7, 11) is 0. The fourth-order valence-corrected chi connectivity index (χ4v) is 4.70. The molecule has 1 atom stereocenters.